The van der Waals surface area contributed by atoms with Crippen molar-refractivity contribution in [2.45, 2.75) is 17.7 Å². The first kappa shape index (κ1) is 19.3. The SMILES string of the molecule is Cc1cccc(OCC(=O)Nc2nnc(S(=O)(=O)N3CCc4ccccc43)s2)c1. The van der Waals surface area contributed by atoms with Crippen molar-refractivity contribution in [1.82, 2.24) is 10.2 Å². The molecule has 4 rings (SSSR count). The number of hydrogen-bond donors (Lipinski definition) is 1. The molecule has 3 aromatic rings. The van der Waals surface area contributed by atoms with Crippen LogP contribution in [-0.2, 0) is 21.2 Å². The van der Waals surface area contributed by atoms with E-state index in [-0.39, 0.29) is 16.1 Å². The van der Waals surface area contributed by atoms with Crippen LogP contribution in [0.2, 0.25) is 0 Å². The summed E-state index contributed by atoms with van der Waals surface area (Å²) in [5, 5.41) is 10.2. The van der Waals surface area contributed by atoms with E-state index in [2.05, 4.69) is 15.5 Å². The molecule has 2 aromatic carbocycles. The lowest BCUT2D eigenvalue weighted by atomic mass is 10.2. The topological polar surface area (TPSA) is 101 Å². The van der Waals surface area contributed by atoms with Crippen molar-refractivity contribution in [2.24, 2.45) is 0 Å². The van der Waals surface area contributed by atoms with Crippen LogP contribution in [0.1, 0.15) is 11.1 Å². The average molecular weight is 431 g/mol. The second-order valence-corrected chi connectivity index (χ2v) is 9.50. The monoisotopic (exact) mass is 430 g/mol. The molecule has 29 heavy (non-hydrogen) atoms. The van der Waals surface area contributed by atoms with Gasteiger partial charge in [-0.15, -0.1) is 10.2 Å². The van der Waals surface area contributed by atoms with E-state index in [0.29, 0.717) is 24.4 Å². The Kier molecular flexibility index (Phi) is 5.20. The van der Waals surface area contributed by atoms with Gasteiger partial charge in [-0.3, -0.25) is 14.4 Å². The largest absolute Gasteiger partial charge is 0.484 e. The molecule has 8 nitrogen and oxygen atoms in total. The maximum Gasteiger partial charge on any atom is 0.293 e. The number of carbonyl (C=O) groups excluding carboxylic acids is 1. The van der Waals surface area contributed by atoms with Gasteiger partial charge in [-0.05, 0) is 42.7 Å². The molecule has 0 spiro atoms. The zero-order chi connectivity index (χ0) is 20.4. The highest BCUT2D eigenvalue weighted by Gasteiger charge is 2.33. The van der Waals surface area contributed by atoms with Crippen LogP contribution < -0.4 is 14.4 Å². The molecule has 0 saturated heterocycles. The van der Waals surface area contributed by atoms with Crippen LogP contribution in [0.15, 0.2) is 52.9 Å². The summed E-state index contributed by atoms with van der Waals surface area (Å²) in [6.07, 6.45) is 0.647. The standard InChI is InChI=1S/C19H18N4O4S2/c1-13-5-4-7-15(11-13)27-12-17(24)20-18-21-22-19(28-18)29(25,26)23-10-9-14-6-2-3-8-16(14)23/h2-8,11H,9-10,12H2,1H3,(H,20,21,24). The molecule has 0 fully saturated rings. The van der Waals surface area contributed by atoms with E-state index in [1.165, 1.54) is 4.31 Å². The van der Waals surface area contributed by atoms with Crippen molar-refractivity contribution in [3.05, 3.63) is 59.7 Å². The Morgan fingerprint density at radius 2 is 2.03 bits per heavy atom. The van der Waals surface area contributed by atoms with E-state index < -0.39 is 15.9 Å². The maximum absolute atomic E-state index is 12.9. The number of sulfonamides is 1. The maximum atomic E-state index is 12.9. The molecule has 1 aliphatic heterocycles. The zero-order valence-electron chi connectivity index (χ0n) is 15.5. The van der Waals surface area contributed by atoms with E-state index in [1.54, 1.807) is 18.2 Å². The second-order valence-electron chi connectivity index (χ2n) is 6.48. The summed E-state index contributed by atoms with van der Waals surface area (Å²) < 4.78 is 32.5. The summed E-state index contributed by atoms with van der Waals surface area (Å²) in [5.74, 6) is 0.131. The van der Waals surface area contributed by atoms with E-state index in [9.17, 15) is 13.2 Å². The highest BCUT2D eigenvalue weighted by molar-refractivity contribution is 7.94. The molecule has 0 aliphatic carbocycles. The molecule has 0 radical (unpaired) electrons. The Bertz CT molecular complexity index is 1160. The molecule has 0 saturated carbocycles. The van der Waals surface area contributed by atoms with Gasteiger partial charge in [0, 0.05) is 6.54 Å². The molecule has 1 N–H and O–H groups in total. The molecule has 1 amide bonds. The van der Waals surface area contributed by atoms with Crippen LogP contribution in [0.3, 0.4) is 0 Å². The Balaban J connectivity index is 1.42. The molecular weight excluding hydrogens is 412 g/mol. The van der Waals surface area contributed by atoms with Crippen LogP contribution in [0, 0.1) is 6.92 Å². The third kappa shape index (κ3) is 4.08. The third-order valence-electron chi connectivity index (χ3n) is 4.37. The number of rotatable bonds is 6. The number of benzene rings is 2. The summed E-state index contributed by atoms with van der Waals surface area (Å²) >= 11 is 0.814. The van der Waals surface area contributed by atoms with Crippen LogP contribution in [-0.4, -0.2) is 37.7 Å². The molecule has 1 aromatic heterocycles. The average Bonchev–Trinajstić information content (AvgIpc) is 3.34. The molecule has 10 heteroatoms. The number of ether oxygens (including phenoxy) is 1. The van der Waals surface area contributed by atoms with Gasteiger partial charge in [0.05, 0.1) is 5.69 Å². The third-order valence-corrected chi connectivity index (χ3v) is 7.37. The summed E-state index contributed by atoms with van der Waals surface area (Å²) in [5.41, 5.74) is 2.65. The number of amides is 1. The first-order valence-electron chi connectivity index (χ1n) is 8.87. The molecular formula is C19H18N4O4S2. The van der Waals surface area contributed by atoms with E-state index in [4.69, 9.17) is 4.74 Å². The minimum atomic E-state index is -3.83. The minimum Gasteiger partial charge on any atom is -0.484 e. The lowest BCUT2D eigenvalue weighted by Crippen LogP contribution is -2.29. The van der Waals surface area contributed by atoms with Gasteiger partial charge < -0.3 is 4.74 Å². The quantitative estimate of drug-likeness (QED) is 0.603. The molecule has 1 aliphatic rings. The van der Waals surface area contributed by atoms with Crippen molar-refractivity contribution in [2.75, 3.05) is 22.8 Å². The van der Waals surface area contributed by atoms with Crippen molar-refractivity contribution in [1.29, 1.82) is 0 Å². The molecule has 0 unspecified atom stereocenters. The van der Waals surface area contributed by atoms with Crippen molar-refractivity contribution in [3.8, 4) is 5.75 Å². The number of nitrogens with one attached hydrogen (secondary N) is 1. The fourth-order valence-corrected chi connectivity index (χ4v) is 5.55. The van der Waals surface area contributed by atoms with Gasteiger partial charge >= 0.3 is 0 Å². The highest BCUT2D eigenvalue weighted by Crippen LogP contribution is 2.34. The van der Waals surface area contributed by atoms with Crippen molar-refractivity contribution < 1.29 is 17.9 Å². The Morgan fingerprint density at radius 3 is 2.86 bits per heavy atom. The molecule has 0 bridgehead atoms. The lowest BCUT2D eigenvalue weighted by Gasteiger charge is -2.17. The van der Waals surface area contributed by atoms with E-state index in [0.717, 1.165) is 22.5 Å². The van der Waals surface area contributed by atoms with Gasteiger partial charge in [0.1, 0.15) is 5.75 Å². The van der Waals surface area contributed by atoms with Crippen LogP contribution in [0.4, 0.5) is 10.8 Å². The number of nitrogens with zero attached hydrogens (tertiary/aromatic N) is 3. The summed E-state index contributed by atoms with van der Waals surface area (Å²) in [6.45, 7) is 2.06. The van der Waals surface area contributed by atoms with E-state index in [1.807, 2.05) is 37.3 Å². The molecule has 150 valence electrons. The van der Waals surface area contributed by atoms with Crippen molar-refractivity contribution in [3.63, 3.8) is 0 Å². The Labute approximate surface area is 172 Å². The Morgan fingerprint density at radius 1 is 1.21 bits per heavy atom. The van der Waals surface area contributed by atoms with Gasteiger partial charge in [-0.1, -0.05) is 41.7 Å². The van der Waals surface area contributed by atoms with Crippen LogP contribution in [0.25, 0.3) is 0 Å². The number of carbonyl (C=O) groups is 1. The smallest absolute Gasteiger partial charge is 0.293 e. The first-order chi connectivity index (χ1) is 13.9. The molecule has 2 heterocycles. The van der Waals surface area contributed by atoms with Gasteiger partial charge in [0.25, 0.3) is 20.3 Å². The van der Waals surface area contributed by atoms with Gasteiger partial charge in [0.2, 0.25) is 5.13 Å². The van der Waals surface area contributed by atoms with Gasteiger partial charge in [0.15, 0.2) is 6.61 Å². The number of anilines is 2. The van der Waals surface area contributed by atoms with Crippen molar-refractivity contribution >= 4 is 38.1 Å². The molecule has 0 atom stereocenters. The predicted octanol–water partition coefficient (Wildman–Crippen LogP) is 2.62. The lowest BCUT2D eigenvalue weighted by molar-refractivity contribution is -0.118. The zero-order valence-corrected chi connectivity index (χ0v) is 17.2. The number of fused-ring (bicyclic) bond motifs is 1. The fraction of sp³-hybridized carbons (Fsp3) is 0.211. The number of aromatic nitrogens is 2. The minimum absolute atomic E-state index is 0.105. The summed E-state index contributed by atoms with van der Waals surface area (Å²) in [7, 11) is -3.83. The summed E-state index contributed by atoms with van der Waals surface area (Å²) in [6, 6.07) is 14.7. The highest BCUT2D eigenvalue weighted by atomic mass is 32.2. The van der Waals surface area contributed by atoms with E-state index >= 15 is 0 Å². The van der Waals surface area contributed by atoms with Gasteiger partial charge in [-0.2, -0.15) is 8.42 Å². The van der Waals surface area contributed by atoms with Crippen LogP contribution in [0.5, 0.6) is 5.75 Å². The number of hydrogen-bond acceptors (Lipinski definition) is 7. The number of aryl methyl sites for hydroxylation is 1. The fourth-order valence-electron chi connectivity index (χ4n) is 3.03. The predicted molar refractivity (Wildman–Crippen MR) is 110 cm³/mol. The summed E-state index contributed by atoms with van der Waals surface area (Å²) in [4.78, 5) is 12.1. The van der Waals surface area contributed by atoms with Gasteiger partial charge in [-0.25, -0.2) is 0 Å². The normalized spacial score (nSPS) is 13.2. The number of para-hydroxylation sites is 1. The van der Waals surface area contributed by atoms with Crippen LogP contribution >= 0.6 is 11.3 Å². The first-order valence-corrected chi connectivity index (χ1v) is 11.1. The second kappa shape index (κ2) is 7.80. The Hall–Kier alpha value is -2.98.